The van der Waals surface area contributed by atoms with E-state index in [1.165, 1.54) is 18.2 Å². The van der Waals surface area contributed by atoms with Gasteiger partial charge in [-0.1, -0.05) is 12.1 Å². The van der Waals surface area contributed by atoms with Crippen molar-refractivity contribution in [2.45, 2.75) is 17.4 Å². The van der Waals surface area contributed by atoms with Crippen LogP contribution in [0.25, 0.3) is 0 Å². The highest BCUT2D eigenvalue weighted by molar-refractivity contribution is 9.10. The van der Waals surface area contributed by atoms with Gasteiger partial charge >= 0.3 is 5.97 Å². The molecule has 0 amide bonds. The normalized spacial score (nSPS) is 13.2. The summed E-state index contributed by atoms with van der Waals surface area (Å²) < 4.78 is 26.3. The molecular weight excluding hydrogens is 326 g/mol. The van der Waals surface area contributed by atoms with E-state index >= 15 is 0 Å². The van der Waals surface area contributed by atoms with Crippen molar-refractivity contribution in [2.75, 3.05) is 6.61 Å². The van der Waals surface area contributed by atoms with Gasteiger partial charge < -0.3 is 10.2 Å². The molecule has 1 unspecified atom stereocenters. The summed E-state index contributed by atoms with van der Waals surface area (Å²) in [5.41, 5.74) is 0. The minimum Gasteiger partial charge on any atom is -0.480 e. The molecule has 0 spiro atoms. The molecule has 100 valence electrons. The van der Waals surface area contributed by atoms with Crippen LogP contribution in [0.3, 0.4) is 0 Å². The molecule has 0 radical (unpaired) electrons. The Morgan fingerprint density at radius 3 is 2.50 bits per heavy atom. The number of benzene rings is 1. The number of aliphatic hydroxyl groups is 1. The van der Waals surface area contributed by atoms with E-state index in [1.807, 2.05) is 4.72 Å². The van der Waals surface area contributed by atoms with Crippen LogP contribution in [0.2, 0.25) is 0 Å². The van der Waals surface area contributed by atoms with Crippen molar-refractivity contribution in [3.8, 4) is 0 Å². The van der Waals surface area contributed by atoms with Crippen LogP contribution in [0, 0.1) is 0 Å². The van der Waals surface area contributed by atoms with Crippen LogP contribution in [0.1, 0.15) is 6.42 Å². The second-order valence-corrected chi connectivity index (χ2v) is 5.99. The molecule has 6 nitrogen and oxygen atoms in total. The molecule has 0 aromatic heterocycles. The lowest BCUT2D eigenvalue weighted by molar-refractivity contribution is -0.139. The zero-order valence-corrected chi connectivity index (χ0v) is 11.6. The second kappa shape index (κ2) is 6.28. The fourth-order valence-corrected chi connectivity index (χ4v) is 3.50. The van der Waals surface area contributed by atoms with Crippen molar-refractivity contribution in [3.05, 3.63) is 28.7 Å². The molecule has 0 saturated carbocycles. The van der Waals surface area contributed by atoms with E-state index in [0.29, 0.717) is 4.47 Å². The average molecular weight is 338 g/mol. The molecule has 1 rings (SSSR count). The summed E-state index contributed by atoms with van der Waals surface area (Å²) in [4.78, 5) is 10.8. The number of hydrogen-bond donors (Lipinski definition) is 3. The quantitative estimate of drug-likeness (QED) is 0.703. The predicted octanol–water partition coefficient (Wildman–Crippen LogP) is 0.563. The largest absolute Gasteiger partial charge is 0.480 e. The maximum Gasteiger partial charge on any atom is 0.321 e. The smallest absolute Gasteiger partial charge is 0.321 e. The van der Waals surface area contributed by atoms with E-state index in [2.05, 4.69) is 15.9 Å². The van der Waals surface area contributed by atoms with Crippen molar-refractivity contribution < 1.29 is 23.4 Å². The summed E-state index contributed by atoms with van der Waals surface area (Å²) in [6, 6.07) is 4.71. The first-order valence-electron chi connectivity index (χ1n) is 4.99. The summed E-state index contributed by atoms with van der Waals surface area (Å²) >= 11 is 3.08. The number of halogens is 1. The third-order valence-corrected chi connectivity index (χ3v) is 4.62. The lowest BCUT2D eigenvalue weighted by atomic mass is 10.2. The Balaban J connectivity index is 3.01. The van der Waals surface area contributed by atoms with Gasteiger partial charge in [0.15, 0.2) is 0 Å². The van der Waals surface area contributed by atoms with Gasteiger partial charge in [0.2, 0.25) is 10.0 Å². The topological polar surface area (TPSA) is 104 Å². The molecule has 1 atom stereocenters. The Hall–Kier alpha value is -0.960. The van der Waals surface area contributed by atoms with Crippen LogP contribution in [-0.4, -0.2) is 37.2 Å². The predicted molar refractivity (Wildman–Crippen MR) is 67.6 cm³/mol. The first-order valence-corrected chi connectivity index (χ1v) is 7.26. The SMILES string of the molecule is O=C(O)C(CCO)NS(=O)(=O)c1ccccc1Br. The Morgan fingerprint density at radius 2 is 2.00 bits per heavy atom. The van der Waals surface area contributed by atoms with Crippen molar-refractivity contribution >= 4 is 31.9 Å². The van der Waals surface area contributed by atoms with Gasteiger partial charge in [-0.2, -0.15) is 4.72 Å². The molecule has 1 aromatic carbocycles. The first-order chi connectivity index (χ1) is 8.38. The van der Waals surface area contributed by atoms with Crippen LogP contribution in [0.4, 0.5) is 0 Å². The van der Waals surface area contributed by atoms with Gasteiger partial charge in [-0.25, -0.2) is 8.42 Å². The molecule has 0 aliphatic rings. The summed E-state index contributed by atoms with van der Waals surface area (Å²) in [6.45, 7) is -0.421. The number of rotatable bonds is 6. The average Bonchev–Trinajstić information content (AvgIpc) is 2.28. The molecule has 8 heteroatoms. The number of sulfonamides is 1. The molecule has 0 bridgehead atoms. The monoisotopic (exact) mass is 337 g/mol. The van der Waals surface area contributed by atoms with Crippen LogP contribution >= 0.6 is 15.9 Å². The molecular formula is C10H12BrNO5S. The van der Waals surface area contributed by atoms with E-state index in [1.54, 1.807) is 6.07 Å². The molecule has 0 aliphatic heterocycles. The van der Waals surface area contributed by atoms with Gasteiger partial charge in [-0.05, 0) is 34.5 Å². The molecule has 0 aliphatic carbocycles. The molecule has 0 heterocycles. The minimum atomic E-state index is -3.95. The fraction of sp³-hybridized carbons (Fsp3) is 0.300. The Kier molecular flexibility index (Phi) is 5.27. The highest BCUT2D eigenvalue weighted by Gasteiger charge is 2.26. The van der Waals surface area contributed by atoms with E-state index in [-0.39, 0.29) is 11.3 Å². The number of carboxylic acid groups (broad SMARTS) is 1. The van der Waals surface area contributed by atoms with Crippen LogP contribution in [0.5, 0.6) is 0 Å². The van der Waals surface area contributed by atoms with Crippen LogP contribution in [-0.2, 0) is 14.8 Å². The summed E-state index contributed by atoms with van der Waals surface area (Å²) in [5.74, 6) is -1.33. The van der Waals surface area contributed by atoms with Crippen molar-refractivity contribution in [1.29, 1.82) is 0 Å². The first kappa shape index (κ1) is 15.1. The third-order valence-electron chi connectivity index (χ3n) is 2.14. The zero-order chi connectivity index (χ0) is 13.8. The highest BCUT2D eigenvalue weighted by Crippen LogP contribution is 2.21. The Labute approximate surface area is 113 Å². The molecule has 1 aromatic rings. The van der Waals surface area contributed by atoms with Crippen LogP contribution < -0.4 is 4.72 Å². The van der Waals surface area contributed by atoms with E-state index < -0.39 is 28.6 Å². The maximum atomic E-state index is 12.0. The molecule has 18 heavy (non-hydrogen) atoms. The Bertz CT molecular complexity index is 531. The fourth-order valence-electron chi connectivity index (χ4n) is 1.28. The summed E-state index contributed by atoms with van der Waals surface area (Å²) in [5, 5.41) is 17.5. The van der Waals surface area contributed by atoms with Gasteiger partial charge in [-0.3, -0.25) is 4.79 Å². The van der Waals surface area contributed by atoms with Crippen LogP contribution in [0.15, 0.2) is 33.6 Å². The van der Waals surface area contributed by atoms with E-state index in [4.69, 9.17) is 10.2 Å². The molecule has 0 fully saturated rings. The standard InChI is InChI=1S/C10H12BrNO5S/c11-7-3-1-2-4-9(7)18(16,17)12-8(5-6-13)10(14)15/h1-4,8,12-13H,5-6H2,(H,14,15). The van der Waals surface area contributed by atoms with Gasteiger partial charge in [0.25, 0.3) is 0 Å². The van der Waals surface area contributed by atoms with Gasteiger partial charge in [0, 0.05) is 11.1 Å². The summed E-state index contributed by atoms with van der Waals surface area (Å²) in [7, 11) is -3.95. The third kappa shape index (κ3) is 3.77. The maximum absolute atomic E-state index is 12.0. The summed E-state index contributed by atoms with van der Waals surface area (Å²) in [6.07, 6.45) is -0.195. The number of aliphatic carboxylic acids is 1. The number of aliphatic hydroxyl groups excluding tert-OH is 1. The van der Waals surface area contributed by atoms with Gasteiger partial charge in [-0.15, -0.1) is 0 Å². The number of nitrogens with one attached hydrogen (secondary N) is 1. The lowest BCUT2D eigenvalue weighted by Crippen LogP contribution is -2.41. The number of carboxylic acids is 1. The number of hydrogen-bond acceptors (Lipinski definition) is 4. The van der Waals surface area contributed by atoms with E-state index in [9.17, 15) is 13.2 Å². The molecule has 3 N–H and O–H groups in total. The molecule has 0 saturated heterocycles. The second-order valence-electron chi connectivity index (χ2n) is 3.45. The lowest BCUT2D eigenvalue weighted by Gasteiger charge is -2.14. The zero-order valence-electron chi connectivity index (χ0n) is 9.21. The highest BCUT2D eigenvalue weighted by atomic mass is 79.9. The van der Waals surface area contributed by atoms with E-state index in [0.717, 1.165) is 0 Å². The Morgan fingerprint density at radius 1 is 1.39 bits per heavy atom. The van der Waals surface area contributed by atoms with Gasteiger partial charge in [0.05, 0.1) is 4.90 Å². The van der Waals surface area contributed by atoms with Crippen molar-refractivity contribution in [1.82, 2.24) is 4.72 Å². The van der Waals surface area contributed by atoms with Crippen molar-refractivity contribution in [2.24, 2.45) is 0 Å². The van der Waals surface area contributed by atoms with Gasteiger partial charge in [0.1, 0.15) is 6.04 Å². The number of carbonyl (C=O) groups is 1. The van der Waals surface area contributed by atoms with Crippen molar-refractivity contribution in [3.63, 3.8) is 0 Å². The minimum absolute atomic E-state index is 0.0470.